The molecular weight excluding hydrogens is 302 g/mol. The van der Waals surface area contributed by atoms with Crippen LogP contribution in [0.2, 0.25) is 5.02 Å². The Kier molecular flexibility index (Phi) is 6.03. The van der Waals surface area contributed by atoms with Gasteiger partial charge in [0.2, 0.25) is 0 Å². The zero-order valence-electron chi connectivity index (χ0n) is 12.3. The Bertz CT molecular complexity index is 620. The molecule has 0 unspecified atom stereocenters. The lowest BCUT2D eigenvalue weighted by Gasteiger charge is -2.10. The van der Waals surface area contributed by atoms with Gasteiger partial charge in [0.25, 0.3) is 0 Å². The van der Waals surface area contributed by atoms with Crippen molar-refractivity contribution in [3.05, 3.63) is 53.3 Å². The minimum Gasteiger partial charge on any atom is -0.492 e. The molecule has 2 aromatic rings. The zero-order valence-corrected chi connectivity index (χ0v) is 13.1. The number of nitrogens with zero attached hydrogens (tertiary/aromatic N) is 1. The van der Waals surface area contributed by atoms with Crippen LogP contribution in [0.4, 0.5) is 10.5 Å². The number of urea groups is 1. The highest BCUT2D eigenvalue weighted by Crippen LogP contribution is 2.27. The van der Waals surface area contributed by atoms with E-state index in [4.69, 9.17) is 16.3 Å². The van der Waals surface area contributed by atoms with E-state index in [1.165, 1.54) is 0 Å². The summed E-state index contributed by atoms with van der Waals surface area (Å²) in [4.78, 5) is 16.0. The van der Waals surface area contributed by atoms with E-state index in [2.05, 4.69) is 15.6 Å². The molecule has 1 aromatic carbocycles. The fourth-order valence-corrected chi connectivity index (χ4v) is 2.11. The molecule has 0 radical (unpaired) electrons. The van der Waals surface area contributed by atoms with E-state index in [1.807, 2.05) is 25.1 Å². The molecule has 0 aliphatic rings. The molecule has 1 heterocycles. The molecule has 0 saturated carbocycles. The molecule has 2 amide bonds. The fraction of sp³-hybridized carbons (Fsp3) is 0.250. The molecule has 0 saturated heterocycles. The molecular formula is C16H18ClN3O2. The van der Waals surface area contributed by atoms with Crippen LogP contribution in [0.3, 0.4) is 0 Å². The van der Waals surface area contributed by atoms with E-state index in [0.29, 0.717) is 36.0 Å². The van der Waals surface area contributed by atoms with Crippen LogP contribution in [-0.4, -0.2) is 24.2 Å². The number of ether oxygens (including phenoxy) is 1. The van der Waals surface area contributed by atoms with Crippen LogP contribution in [0.15, 0.2) is 42.6 Å². The first-order chi connectivity index (χ1) is 10.7. The number of anilines is 1. The summed E-state index contributed by atoms with van der Waals surface area (Å²) in [6, 6.07) is 10.6. The lowest BCUT2D eigenvalue weighted by atomic mass is 10.3. The lowest BCUT2D eigenvalue weighted by molar-refractivity contribution is 0.252. The Hall–Kier alpha value is -2.27. The van der Waals surface area contributed by atoms with Crippen LogP contribution in [0.5, 0.6) is 5.75 Å². The van der Waals surface area contributed by atoms with E-state index in [-0.39, 0.29) is 6.03 Å². The summed E-state index contributed by atoms with van der Waals surface area (Å²) in [5, 5.41) is 5.97. The minimum absolute atomic E-state index is 0.281. The smallest absolute Gasteiger partial charge is 0.319 e. The Morgan fingerprint density at radius 2 is 2.18 bits per heavy atom. The first kappa shape index (κ1) is 16.1. The number of carbonyl (C=O) groups excluding carboxylic acids is 1. The number of benzene rings is 1. The maximum absolute atomic E-state index is 11.8. The second-order valence-electron chi connectivity index (χ2n) is 4.53. The highest BCUT2D eigenvalue weighted by atomic mass is 35.5. The summed E-state index contributed by atoms with van der Waals surface area (Å²) in [7, 11) is 0. The highest BCUT2D eigenvalue weighted by molar-refractivity contribution is 6.32. The van der Waals surface area contributed by atoms with Crippen LogP contribution in [-0.2, 0) is 6.42 Å². The van der Waals surface area contributed by atoms with Crippen molar-refractivity contribution in [3.63, 3.8) is 0 Å². The maximum Gasteiger partial charge on any atom is 0.319 e. The molecule has 0 spiro atoms. The molecule has 2 N–H and O–H groups in total. The van der Waals surface area contributed by atoms with Crippen molar-refractivity contribution in [2.24, 2.45) is 0 Å². The summed E-state index contributed by atoms with van der Waals surface area (Å²) in [5.74, 6) is 0.602. The van der Waals surface area contributed by atoms with Crippen LogP contribution in [0.25, 0.3) is 0 Å². The van der Waals surface area contributed by atoms with E-state index < -0.39 is 0 Å². The second-order valence-corrected chi connectivity index (χ2v) is 4.94. The van der Waals surface area contributed by atoms with E-state index in [9.17, 15) is 4.79 Å². The Labute approximate surface area is 134 Å². The topological polar surface area (TPSA) is 63.2 Å². The van der Waals surface area contributed by atoms with Gasteiger partial charge in [-0.25, -0.2) is 4.79 Å². The SMILES string of the molecule is CCOc1ccc(NC(=O)NCCc2ccccn2)cc1Cl. The Morgan fingerprint density at radius 1 is 1.32 bits per heavy atom. The molecule has 6 heteroatoms. The van der Waals surface area contributed by atoms with Gasteiger partial charge in [0.15, 0.2) is 0 Å². The van der Waals surface area contributed by atoms with Gasteiger partial charge in [-0.15, -0.1) is 0 Å². The van der Waals surface area contributed by atoms with Gasteiger partial charge in [0.05, 0.1) is 11.6 Å². The van der Waals surface area contributed by atoms with E-state index in [1.54, 1.807) is 24.4 Å². The van der Waals surface area contributed by atoms with Gasteiger partial charge in [0.1, 0.15) is 5.75 Å². The molecule has 22 heavy (non-hydrogen) atoms. The number of amides is 2. The van der Waals surface area contributed by atoms with Crippen molar-refractivity contribution in [1.29, 1.82) is 0 Å². The van der Waals surface area contributed by atoms with Crippen molar-refractivity contribution in [1.82, 2.24) is 10.3 Å². The Balaban J connectivity index is 1.80. The van der Waals surface area contributed by atoms with Crippen molar-refractivity contribution in [3.8, 4) is 5.75 Å². The molecule has 0 fully saturated rings. The molecule has 2 rings (SSSR count). The highest BCUT2D eigenvalue weighted by Gasteiger charge is 2.05. The largest absolute Gasteiger partial charge is 0.492 e. The number of aromatic nitrogens is 1. The van der Waals surface area contributed by atoms with Gasteiger partial charge in [-0.3, -0.25) is 4.98 Å². The normalized spacial score (nSPS) is 10.1. The van der Waals surface area contributed by atoms with Crippen molar-refractivity contribution >= 4 is 23.3 Å². The van der Waals surface area contributed by atoms with Gasteiger partial charge >= 0.3 is 6.03 Å². The van der Waals surface area contributed by atoms with Gasteiger partial charge < -0.3 is 15.4 Å². The summed E-state index contributed by atoms with van der Waals surface area (Å²) < 4.78 is 5.34. The summed E-state index contributed by atoms with van der Waals surface area (Å²) in [6.45, 7) is 2.94. The molecule has 116 valence electrons. The summed E-state index contributed by atoms with van der Waals surface area (Å²) >= 11 is 6.07. The first-order valence-corrected chi connectivity index (χ1v) is 7.44. The number of carbonyl (C=O) groups is 1. The number of rotatable bonds is 6. The number of pyridine rings is 1. The van der Waals surface area contributed by atoms with Gasteiger partial charge in [0, 0.05) is 30.5 Å². The average molecular weight is 320 g/mol. The molecule has 0 bridgehead atoms. The standard InChI is InChI=1S/C16H18ClN3O2/c1-2-22-15-7-6-13(11-14(15)17)20-16(21)19-10-8-12-5-3-4-9-18-12/h3-7,9,11H,2,8,10H2,1H3,(H2,19,20,21). The van der Waals surface area contributed by atoms with Gasteiger partial charge in [-0.2, -0.15) is 0 Å². The molecule has 1 aromatic heterocycles. The summed E-state index contributed by atoms with van der Waals surface area (Å²) in [6.07, 6.45) is 2.41. The monoisotopic (exact) mass is 319 g/mol. The first-order valence-electron chi connectivity index (χ1n) is 7.06. The third kappa shape index (κ3) is 4.93. The quantitative estimate of drug-likeness (QED) is 0.856. The summed E-state index contributed by atoms with van der Waals surface area (Å²) in [5.41, 5.74) is 1.55. The predicted molar refractivity (Wildman–Crippen MR) is 87.6 cm³/mol. The third-order valence-electron chi connectivity index (χ3n) is 2.88. The molecule has 0 aliphatic heterocycles. The second kappa shape index (κ2) is 8.24. The van der Waals surface area contributed by atoms with Crippen molar-refractivity contribution in [2.45, 2.75) is 13.3 Å². The predicted octanol–water partition coefficient (Wildman–Crippen LogP) is 3.50. The third-order valence-corrected chi connectivity index (χ3v) is 3.18. The van der Waals surface area contributed by atoms with Crippen LogP contribution in [0, 0.1) is 0 Å². The average Bonchev–Trinajstić information content (AvgIpc) is 2.51. The number of hydrogen-bond acceptors (Lipinski definition) is 3. The van der Waals surface area contributed by atoms with Crippen molar-refractivity contribution in [2.75, 3.05) is 18.5 Å². The van der Waals surface area contributed by atoms with Crippen LogP contribution < -0.4 is 15.4 Å². The molecule has 5 nitrogen and oxygen atoms in total. The molecule has 0 aliphatic carbocycles. The fourth-order valence-electron chi connectivity index (χ4n) is 1.88. The maximum atomic E-state index is 11.8. The minimum atomic E-state index is -0.281. The van der Waals surface area contributed by atoms with E-state index in [0.717, 1.165) is 5.69 Å². The lowest BCUT2D eigenvalue weighted by Crippen LogP contribution is -2.30. The van der Waals surface area contributed by atoms with Crippen molar-refractivity contribution < 1.29 is 9.53 Å². The number of nitrogens with one attached hydrogen (secondary N) is 2. The molecule has 0 atom stereocenters. The van der Waals surface area contributed by atoms with Crippen LogP contribution in [0.1, 0.15) is 12.6 Å². The van der Waals surface area contributed by atoms with Gasteiger partial charge in [-0.05, 0) is 37.3 Å². The zero-order chi connectivity index (χ0) is 15.8. The van der Waals surface area contributed by atoms with Gasteiger partial charge in [-0.1, -0.05) is 17.7 Å². The van der Waals surface area contributed by atoms with Crippen LogP contribution >= 0.6 is 11.6 Å². The Morgan fingerprint density at radius 3 is 2.86 bits per heavy atom. The number of hydrogen-bond donors (Lipinski definition) is 2. The van der Waals surface area contributed by atoms with E-state index >= 15 is 0 Å². The number of halogens is 1.